The van der Waals surface area contributed by atoms with Crippen LogP contribution in [-0.2, 0) is 9.47 Å². The molecule has 46 heavy (non-hydrogen) atoms. The minimum Gasteiger partial charge on any atom is -0.487 e. The molecule has 1 aliphatic heterocycles. The van der Waals surface area contributed by atoms with Crippen LogP contribution in [0, 0.1) is 0 Å². The molecule has 0 spiro atoms. The molecule has 3 heterocycles. The summed E-state index contributed by atoms with van der Waals surface area (Å²) >= 11 is 12.3. The molecule has 1 aliphatic rings. The lowest BCUT2D eigenvalue weighted by molar-refractivity contribution is 0.0640. The minimum atomic E-state index is 0.311. The number of hydrogen-bond donors (Lipinski definition) is 2. The Morgan fingerprint density at radius 2 is 0.870 bits per heavy atom. The largest absolute Gasteiger partial charge is 0.487 e. The zero-order chi connectivity index (χ0) is 31.3. The summed E-state index contributed by atoms with van der Waals surface area (Å²) in [6.07, 6.45) is 0. The maximum atomic E-state index is 6.15. The van der Waals surface area contributed by atoms with Crippen molar-refractivity contribution in [1.82, 2.24) is 19.9 Å². The molecule has 7 rings (SSSR count). The van der Waals surface area contributed by atoms with Crippen LogP contribution in [-0.4, -0.2) is 72.8 Å². The molecule has 236 valence electrons. The van der Waals surface area contributed by atoms with Crippen molar-refractivity contribution in [2.24, 2.45) is 0 Å². The van der Waals surface area contributed by atoms with Crippen LogP contribution in [0.4, 0.5) is 0 Å². The number of benzene rings is 4. The van der Waals surface area contributed by atoms with E-state index in [1.165, 1.54) is 0 Å². The molecule has 0 amide bonds. The lowest BCUT2D eigenvalue weighted by Gasteiger charge is -2.16. The molecule has 0 saturated heterocycles. The Hall–Kier alpha value is -4.48. The van der Waals surface area contributed by atoms with E-state index in [9.17, 15) is 0 Å². The number of H-pyrrole nitrogens is 2. The highest BCUT2D eigenvalue weighted by Crippen LogP contribution is 2.34. The third-order valence-corrected chi connectivity index (χ3v) is 7.73. The number of ether oxygens (including phenoxy) is 6. The van der Waals surface area contributed by atoms with E-state index in [1.807, 2.05) is 72.8 Å². The van der Waals surface area contributed by atoms with Gasteiger partial charge >= 0.3 is 0 Å². The second kappa shape index (κ2) is 13.9. The van der Waals surface area contributed by atoms with Gasteiger partial charge in [0.15, 0.2) is 23.0 Å². The molecular weight excluding hydrogens is 631 g/mol. The number of aromatic amines is 2. The maximum absolute atomic E-state index is 6.15. The molecule has 4 aromatic carbocycles. The van der Waals surface area contributed by atoms with Gasteiger partial charge in [0.05, 0.1) is 48.5 Å². The van der Waals surface area contributed by atoms with Crippen molar-refractivity contribution in [2.75, 3.05) is 52.9 Å². The molecule has 10 nitrogen and oxygen atoms in total. The number of hydrogen-bond acceptors (Lipinski definition) is 8. The van der Waals surface area contributed by atoms with Gasteiger partial charge in [-0.25, -0.2) is 9.97 Å². The summed E-state index contributed by atoms with van der Waals surface area (Å²) in [5.41, 5.74) is 5.06. The third-order valence-electron chi connectivity index (χ3n) is 7.26. The van der Waals surface area contributed by atoms with Crippen LogP contribution in [0.1, 0.15) is 0 Å². The smallest absolute Gasteiger partial charge is 0.162 e. The van der Waals surface area contributed by atoms with Crippen LogP contribution in [0.2, 0.25) is 10.0 Å². The normalized spacial score (nSPS) is 15.0. The van der Waals surface area contributed by atoms with Gasteiger partial charge in [0.25, 0.3) is 0 Å². The van der Waals surface area contributed by atoms with Crippen LogP contribution < -0.4 is 18.9 Å². The fourth-order valence-electron chi connectivity index (χ4n) is 5.06. The standard InChI is InChI=1S/C34H30Cl2N4O6/c35-23-3-5-25-27(19-23)39-33(37-25)21-1-7-29-31(17-21)45-15-11-42-12-16-46-32-18-22(2-8-30(32)44-14-10-41-9-13-43-29)34-38-26-6-4-24(36)20-28(26)40-34/h1-8,17-20H,9-16H2,(H,37,39)(H,38,40). The van der Waals surface area contributed by atoms with Gasteiger partial charge in [0, 0.05) is 21.2 Å². The number of nitrogens with one attached hydrogen (secondary N) is 2. The molecule has 12 heteroatoms. The van der Waals surface area contributed by atoms with Gasteiger partial charge in [-0.3, -0.25) is 0 Å². The van der Waals surface area contributed by atoms with Gasteiger partial charge in [-0.2, -0.15) is 0 Å². The van der Waals surface area contributed by atoms with E-state index in [0.717, 1.165) is 33.2 Å². The van der Waals surface area contributed by atoms with Gasteiger partial charge < -0.3 is 38.4 Å². The van der Waals surface area contributed by atoms with E-state index < -0.39 is 0 Å². The first-order valence-electron chi connectivity index (χ1n) is 14.9. The average molecular weight is 662 g/mol. The molecule has 0 saturated carbocycles. The van der Waals surface area contributed by atoms with Crippen LogP contribution in [0.5, 0.6) is 23.0 Å². The molecule has 6 aromatic rings. The summed E-state index contributed by atoms with van der Waals surface area (Å²) in [6.45, 7) is 2.74. The molecule has 0 fully saturated rings. The molecule has 0 unspecified atom stereocenters. The lowest BCUT2D eigenvalue weighted by atomic mass is 10.2. The molecular formula is C34H30Cl2N4O6. The SMILES string of the molecule is Clc1ccc2nc(-c3ccc4c(c3)OCCOCCOc3cc(-c5nc6ccc(Cl)cc6[nH]5)ccc3OCCOCCO4)[nH]c2c1. The van der Waals surface area contributed by atoms with Gasteiger partial charge in [-0.15, -0.1) is 0 Å². The van der Waals surface area contributed by atoms with Crippen molar-refractivity contribution in [1.29, 1.82) is 0 Å². The number of imidazole rings is 2. The Labute approximate surface area is 274 Å². The summed E-state index contributed by atoms with van der Waals surface area (Å²) in [6, 6.07) is 22.5. The number of nitrogens with zero attached hydrogens (tertiary/aromatic N) is 2. The molecule has 2 aromatic heterocycles. The zero-order valence-electron chi connectivity index (χ0n) is 24.7. The number of fused-ring (bicyclic) bond motifs is 4. The van der Waals surface area contributed by atoms with E-state index in [2.05, 4.69) is 9.97 Å². The van der Waals surface area contributed by atoms with Crippen LogP contribution in [0.15, 0.2) is 72.8 Å². The van der Waals surface area contributed by atoms with E-state index in [1.54, 1.807) is 0 Å². The van der Waals surface area contributed by atoms with Crippen LogP contribution in [0.25, 0.3) is 44.8 Å². The second-order valence-corrected chi connectivity index (χ2v) is 11.3. The van der Waals surface area contributed by atoms with E-state index in [4.69, 9.17) is 61.6 Å². The number of halogens is 2. The number of aromatic nitrogens is 4. The fourth-order valence-corrected chi connectivity index (χ4v) is 5.40. The second-order valence-electron chi connectivity index (χ2n) is 10.4. The van der Waals surface area contributed by atoms with Gasteiger partial charge in [0.2, 0.25) is 0 Å². The van der Waals surface area contributed by atoms with Crippen LogP contribution >= 0.6 is 23.2 Å². The van der Waals surface area contributed by atoms with Gasteiger partial charge in [-0.1, -0.05) is 23.2 Å². The maximum Gasteiger partial charge on any atom is 0.162 e. The number of rotatable bonds is 2. The van der Waals surface area contributed by atoms with Crippen molar-refractivity contribution >= 4 is 45.3 Å². The summed E-state index contributed by atoms with van der Waals surface area (Å²) in [7, 11) is 0. The van der Waals surface area contributed by atoms with Gasteiger partial charge in [0.1, 0.15) is 38.1 Å². The predicted molar refractivity (Wildman–Crippen MR) is 177 cm³/mol. The molecule has 0 aliphatic carbocycles. The topological polar surface area (TPSA) is 113 Å². The quantitative estimate of drug-likeness (QED) is 0.198. The molecule has 2 N–H and O–H groups in total. The van der Waals surface area contributed by atoms with E-state index >= 15 is 0 Å². The first kappa shape index (κ1) is 30.2. The Balaban J connectivity index is 1.03. The lowest BCUT2D eigenvalue weighted by Crippen LogP contribution is -2.15. The third kappa shape index (κ3) is 7.00. The van der Waals surface area contributed by atoms with E-state index in [-0.39, 0.29) is 0 Å². The minimum absolute atomic E-state index is 0.311. The highest BCUT2D eigenvalue weighted by atomic mass is 35.5. The fraction of sp³-hybridized carbons (Fsp3) is 0.235. The predicted octanol–water partition coefficient (Wildman–Crippen LogP) is 7.34. The summed E-state index contributed by atoms with van der Waals surface area (Å²) in [5.74, 6) is 3.76. The van der Waals surface area contributed by atoms with Crippen molar-refractivity contribution in [3.63, 3.8) is 0 Å². The molecule has 0 bridgehead atoms. The summed E-state index contributed by atoms with van der Waals surface area (Å²) < 4.78 is 35.9. The first-order valence-corrected chi connectivity index (χ1v) is 15.6. The van der Waals surface area contributed by atoms with E-state index in [0.29, 0.717) is 97.5 Å². The Morgan fingerprint density at radius 1 is 0.457 bits per heavy atom. The Morgan fingerprint density at radius 3 is 1.30 bits per heavy atom. The molecule has 0 atom stereocenters. The Kier molecular flexibility index (Phi) is 9.11. The average Bonchev–Trinajstić information content (AvgIpc) is 3.68. The first-order chi connectivity index (χ1) is 22.6. The summed E-state index contributed by atoms with van der Waals surface area (Å²) in [5, 5.41) is 1.28. The van der Waals surface area contributed by atoms with Crippen molar-refractivity contribution in [3.8, 4) is 45.8 Å². The Bertz CT molecular complexity index is 1840. The monoisotopic (exact) mass is 660 g/mol. The highest BCUT2D eigenvalue weighted by Gasteiger charge is 2.14. The van der Waals surface area contributed by atoms with Crippen molar-refractivity contribution in [2.45, 2.75) is 0 Å². The van der Waals surface area contributed by atoms with Crippen LogP contribution in [0.3, 0.4) is 0 Å². The van der Waals surface area contributed by atoms with Crippen molar-refractivity contribution in [3.05, 3.63) is 82.8 Å². The van der Waals surface area contributed by atoms with Crippen molar-refractivity contribution < 1.29 is 28.4 Å². The highest BCUT2D eigenvalue weighted by molar-refractivity contribution is 6.31. The summed E-state index contributed by atoms with van der Waals surface area (Å²) in [4.78, 5) is 16.0. The molecule has 0 radical (unpaired) electrons. The van der Waals surface area contributed by atoms with Gasteiger partial charge in [-0.05, 0) is 72.8 Å². The zero-order valence-corrected chi connectivity index (χ0v) is 26.2.